The molecule has 4 heterocycles. The van der Waals surface area contributed by atoms with Crippen molar-refractivity contribution < 1.29 is 4.74 Å². The molecular formula is C20H21N7O. The summed E-state index contributed by atoms with van der Waals surface area (Å²) in [5.74, 6) is 2.74. The number of methoxy groups -OCH3 is 1. The molecule has 8 nitrogen and oxygen atoms in total. The molecule has 1 aliphatic rings. The largest absolute Gasteiger partial charge is 0.481 e. The average Bonchev–Trinajstić information content (AvgIpc) is 3.21. The van der Waals surface area contributed by atoms with Crippen LogP contribution >= 0.6 is 0 Å². The minimum absolute atomic E-state index is 0.397. The number of aromatic nitrogens is 7. The van der Waals surface area contributed by atoms with E-state index in [9.17, 15) is 0 Å². The van der Waals surface area contributed by atoms with Crippen molar-refractivity contribution in [1.29, 1.82) is 0 Å². The zero-order chi connectivity index (χ0) is 19.4. The minimum Gasteiger partial charge on any atom is -0.481 e. The third-order valence-electron chi connectivity index (χ3n) is 5.31. The van der Waals surface area contributed by atoms with Crippen LogP contribution in [-0.4, -0.2) is 41.5 Å². The Hall–Kier alpha value is -3.29. The van der Waals surface area contributed by atoms with E-state index in [1.54, 1.807) is 11.6 Å². The molecule has 5 rings (SSSR count). The first-order valence-corrected chi connectivity index (χ1v) is 9.29. The number of hydrogen-bond acceptors (Lipinski definition) is 6. The highest BCUT2D eigenvalue weighted by atomic mass is 16.5. The molecular weight excluding hydrogens is 354 g/mol. The summed E-state index contributed by atoms with van der Waals surface area (Å²) in [7, 11) is 3.56. The lowest BCUT2D eigenvalue weighted by Gasteiger charge is -2.01. The van der Waals surface area contributed by atoms with Crippen molar-refractivity contribution in [2.45, 2.75) is 32.1 Å². The van der Waals surface area contributed by atoms with Crippen molar-refractivity contribution in [3.05, 3.63) is 53.1 Å². The van der Waals surface area contributed by atoms with Gasteiger partial charge in [0.15, 0.2) is 0 Å². The third kappa shape index (κ3) is 2.72. The van der Waals surface area contributed by atoms with Gasteiger partial charge in [0.25, 0.3) is 5.78 Å². The van der Waals surface area contributed by atoms with Gasteiger partial charge in [-0.3, -0.25) is 4.68 Å². The van der Waals surface area contributed by atoms with Gasteiger partial charge in [-0.2, -0.15) is 10.1 Å². The van der Waals surface area contributed by atoms with Gasteiger partial charge in [-0.15, -0.1) is 5.10 Å². The molecule has 0 radical (unpaired) electrons. The number of ether oxygens (including phenoxy) is 1. The Labute approximate surface area is 162 Å². The van der Waals surface area contributed by atoms with Gasteiger partial charge in [-0.25, -0.2) is 14.5 Å². The summed E-state index contributed by atoms with van der Waals surface area (Å²) in [6.07, 6.45) is 2.97. The van der Waals surface area contributed by atoms with Crippen molar-refractivity contribution >= 4 is 5.78 Å². The maximum Gasteiger partial charge on any atom is 0.253 e. The first-order valence-electron chi connectivity index (χ1n) is 9.29. The molecule has 0 spiro atoms. The van der Waals surface area contributed by atoms with Gasteiger partial charge in [-0.1, -0.05) is 6.07 Å². The van der Waals surface area contributed by atoms with Gasteiger partial charge >= 0.3 is 0 Å². The summed E-state index contributed by atoms with van der Waals surface area (Å²) < 4.78 is 8.77. The first kappa shape index (κ1) is 16.9. The number of aryl methyl sites for hydroxylation is 3. The molecule has 28 heavy (non-hydrogen) atoms. The molecule has 142 valence electrons. The molecule has 0 amide bonds. The molecule has 8 heteroatoms. The van der Waals surface area contributed by atoms with E-state index < -0.39 is 0 Å². The molecule has 4 aromatic rings. The lowest BCUT2D eigenvalue weighted by atomic mass is 10.1. The predicted molar refractivity (Wildman–Crippen MR) is 103 cm³/mol. The lowest BCUT2D eigenvalue weighted by Crippen LogP contribution is -1.98. The maximum atomic E-state index is 5.14. The SMILES string of the molecule is COc1ccc(C2CC2c2cc(-c3nc4nc(C)cc(C)n4n3)n(C)n2)cn1. The van der Waals surface area contributed by atoms with Crippen molar-refractivity contribution in [2.24, 2.45) is 7.05 Å². The molecule has 1 aliphatic carbocycles. The molecule has 2 unspecified atom stereocenters. The monoisotopic (exact) mass is 375 g/mol. The summed E-state index contributed by atoms with van der Waals surface area (Å²) in [5, 5.41) is 9.36. The molecule has 0 aromatic carbocycles. The van der Waals surface area contributed by atoms with Crippen LogP contribution in [-0.2, 0) is 7.05 Å². The fourth-order valence-electron chi connectivity index (χ4n) is 3.78. The second-order valence-electron chi connectivity index (χ2n) is 7.35. The van der Waals surface area contributed by atoms with Crippen molar-refractivity contribution in [2.75, 3.05) is 7.11 Å². The van der Waals surface area contributed by atoms with E-state index in [0.717, 1.165) is 29.2 Å². The van der Waals surface area contributed by atoms with Crippen molar-refractivity contribution in [1.82, 2.24) is 34.3 Å². The quantitative estimate of drug-likeness (QED) is 0.545. The molecule has 0 saturated heterocycles. The van der Waals surface area contributed by atoms with Crippen LogP contribution in [0.1, 0.15) is 40.9 Å². The summed E-state index contributed by atoms with van der Waals surface area (Å²) in [5.41, 5.74) is 5.13. The number of rotatable bonds is 4. The van der Waals surface area contributed by atoms with Crippen LogP contribution in [0.3, 0.4) is 0 Å². The Morgan fingerprint density at radius 1 is 1.07 bits per heavy atom. The summed E-state index contributed by atoms with van der Waals surface area (Å²) >= 11 is 0. The van der Waals surface area contributed by atoms with Gasteiger partial charge in [-0.05, 0) is 43.9 Å². The van der Waals surface area contributed by atoms with Gasteiger partial charge in [0, 0.05) is 36.6 Å². The van der Waals surface area contributed by atoms with Crippen molar-refractivity contribution in [3.63, 3.8) is 0 Å². The Morgan fingerprint density at radius 3 is 2.68 bits per heavy atom. The highest BCUT2D eigenvalue weighted by molar-refractivity contribution is 5.54. The lowest BCUT2D eigenvalue weighted by molar-refractivity contribution is 0.397. The molecule has 0 bridgehead atoms. The fourth-order valence-corrected chi connectivity index (χ4v) is 3.78. The Balaban J connectivity index is 1.44. The topological polar surface area (TPSA) is 83.0 Å². The smallest absolute Gasteiger partial charge is 0.253 e. The van der Waals surface area contributed by atoms with Crippen molar-refractivity contribution in [3.8, 4) is 17.4 Å². The summed E-state index contributed by atoms with van der Waals surface area (Å²) in [6.45, 7) is 3.97. The fraction of sp³-hybridized carbons (Fsp3) is 0.350. The van der Waals surface area contributed by atoms with E-state index in [2.05, 4.69) is 32.2 Å². The standard InChI is InChI=1S/C20H21N7O/c1-11-7-12(2)27-20(22-11)23-19(25-27)17-9-16(24-26(17)3)15-8-14(15)13-5-6-18(28-4)21-10-13/h5-7,9-10,14-15H,8H2,1-4H3. The second kappa shape index (κ2) is 6.12. The second-order valence-corrected chi connectivity index (χ2v) is 7.35. The number of nitrogens with zero attached hydrogens (tertiary/aromatic N) is 7. The highest BCUT2D eigenvalue weighted by Crippen LogP contribution is 2.54. The van der Waals surface area contributed by atoms with E-state index in [1.807, 2.05) is 43.9 Å². The number of fused-ring (bicyclic) bond motifs is 1. The van der Waals surface area contributed by atoms with Gasteiger partial charge in [0.1, 0.15) is 5.69 Å². The van der Waals surface area contributed by atoms with Crippen LogP contribution in [0, 0.1) is 13.8 Å². The van der Waals surface area contributed by atoms with Gasteiger partial charge < -0.3 is 4.74 Å². The number of pyridine rings is 1. The average molecular weight is 375 g/mol. The summed E-state index contributed by atoms with van der Waals surface area (Å²) in [4.78, 5) is 13.4. The van der Waals surface area contributed by atoms with Gasteiger partial charge in [0.05, 0.1) is 12.8 Å². The van der Waals surface area contributed by atoms with E-state index in [1.165, 1.54) is 5.56 Å². The van der Waals surface area contributed by atoms with Crippen LogP contribution in [0.5, 0.6) is 5.88 Å². The zero-order valence-corrected chi connectivity index (χ0v) is 16.3. The maximum absolute atomic E-state index is 5.14. The van der Waals surface area contributed by atoms with E-state index in [0.29, 0.717) is 29.3 Å². The predicted octanol–water partition coefficient (Wildman–Crippen LogP) is 2.82. The highest BCUT2D eigenvalue weighted by Gasteiger charge is 2.42. The molecule has 4 aromatic heterocycles. The van der Waals surface area contributed by atoms with Crippen LogP contribution in [0.25, 0.3) is 17.3 Å². The number of hydrogen-bond donors (Lipinski definition) is 0. The van der Waals surface area contributed by atoms with E-state index in [4.69, 9.17) is 9.84 Å². The summed E-state index contributed by atoms with van der Waals surface area (Å²) in [6, 6.07) is 8.09. The molecule has 1 fully saturated rings. The Kier molecular flexibility index (Phi) is 3.68. The minimum atomic E-state index is 0.397. The van der Waals surface area contributed by atoms with E-state index in [-0.39, 0.29) is 0 Å². The van der Waals surface area contributed by atoms with Crippen LogP contribution in [0.15, 0.2) is 30.5 Å². The molecule has 2 atom stereocenters. The Morgan fingerprint density at radius 2 is 1.93 bits per heavy atom. The molecule has 0 N–H and O–H groups in total. The normalized spacial score (nSPS) is 18.6. The first-order chi connectivity index (χ1) is 13.5. The van der Waals surface area contributed by atoms with Crippen LogP contribution < -0.4 is 4.74 Å². The third-order valence-corrected chi connectivity index (χ3v) is 5.31. The Bertz CT molecular complexity index is 1180. The zero-order valence-electron chi connectivity index (χ0n) is 16.3. The molecule has 1 saturated carbocycles. The van der Waals surface area contributed by atoms with Gasteiger partial charge in [0.2, 0.25) is 11.7 Å². The van der Waals surface area contributed by atoms with Crippen LogP contribution in [0.2, 0.25) is 0 Å². The van der Waals surface area contributed by atoms with Crippen LogP contribution in [0.4, 0.5) is 0 Å². The van der Waals surface area contributed by atoms with E-state index >= 15 is 0 Å². The molecule has 0 aliphatic heterocycles.